The summed E-state index contributed by atoms with van der Waals surface area (Å²) < 4.78 is 7.44. The molecular formula is C17H11Cl2N5OS. The molecule has 3 aromatic rings. The Morgan fingerprint density at radius 1 is 1.27 bits per heavy atom. The smallest absolute Gasteiger partial charge is 0.216 e. The molecule has 0 aliphatic heterocycles. The summed E-state index contributed by atoms with van der Waals surface area (Å²) in [5.41, 5.74) is 1.39. The fourth-order valence-corrected chi connectivity index (χ4v) is 2.57. The molecular weight excluding hydrogens is 393 g/mol. The Hall–Kier alpha value is -2.66. The Morgan fingerprint density at radius 2 is 2.04 bits per heavy atom. The van der Waals surface area contributed by atoms with Gasteiger partial charge in [-0.15, -0.1) is 0 Å². The van der Waals surface area contributed by atoms with E-state index in [9.17, 15) is 0 Å². The third kappa shape index (κ3) is 4.29. The molecule has 0 radical (unpaired) electrons. The van der Waals surface area contributed by atoms with Crippen LogP contribution in [0.2, 0.25) is 10.0 Å². The van der Waals surface area contributed by atoms with Gasteiger partial charge in [0.05, 0.1) is 22.9 Å². The standard InChI is InChI=1S/C17H11Cl2N5OS/c18-13-5-6-14(19)15(7-13)25-10-16-22-23-17(26)24(16)21-9-12-3-1-11(8-20)2-4-12/h1-7,9H,10H2,(H,23,26)/b21-9-. The number of aromatic nitrogens is 3. The number of nitrogens with zero attached hydrogens (tertiary/aromatic N) is 4. The van der Waals surface area contributed by atoms with Crippen molar-refractivity contribution in [2.75, 3.05) is 0 Å². The van der Waals surface area contributed by atoms with Gasteiger partial charge in [-0.3, -0.25) is 0 Å². The quantitative estimate of drug-likeness (QED) is 0.499. The number of H-pyrrole nitrogens is 1. The van der Waals surface area contributed by atoms with Gasteiger partial charge in [0.2, 0.25) is 4.77 Å². The summed E-state index contributed by atoms with van der Waals surface area (Å²) in [5.74, 6) is 0.909. The number of benzene rings is 2. The Balaban J connectivity index is 1.78. The molecule has 6 nitrogen and oxygen atoms in total. The normalized spacial score (nSPS) is 10.8. The van der Waals surface area contributed by atoms with Crippen LogP contribution < -0.4 is 4.74 Å². The SMILES string of the molecule is N#Cc1ccc(/C=N\n2c(COc3cc(Cl)ccc3Cl)n[nH]c2=S)cc1. The van der Waals surface area contributed by atoms with E-state index in [-0.39, 0.29) is 6.61 Å². The van der Waals surface area contributed by atoms with Crippen molar-refractivity contribution >= 4 is 41.6 Å². The third-order valence-corrected chi connectivity index (χ3v) is 4.14. The van der Waals surface area contributed by atoms with Crippen LogP contribution in [0, 0.1) is 16.1 Å². The van der Waals surface area contributed by atoms with Crippen molar-refractivity contribution in [3.8, 4) is 11.8 Å². The largest absolute Gasteiger partial charge is 0.484 e. The summed E-state index contributed by atoms with van der Waals surface area (Å²) in [5, 5.41) is 20.9. The molecule has 0 spiro atoms. The second-order valence-electron chi connectivity index (χ2n) is 5.10. The van der Waals surface area contributed by atoms with E-state index >= 15 is 0 Å². The number of nitrogens with one attached hydrogen (secondary N) is 1. The molecule has 1 N–H and O–H groups in total. The van der Waals surface area contributed by atoms with E-state index in [1.165, 1.54) is 4.68 Å². The molecule has 130 valence electrons. The van der Waals surface area contributed by atoms with Crippen LogP contribution in [0.4, 0.5) is 0 Å². The molecule has 0 bridgehead atoms. The maximum atomic E-state index is 8.83. The molecule has 3 rings (SSSR count). The molecule has 26 heavy (non-hydrogen) atoms. The van der Waals surface area contributed by atoms with Crippen molar-refractivity contribution in [3.63, 3.8) is 0 Å². The van der Waals surface area contributed by atoms with Crippen molar-refractivity contribution in [2.45, 2.75) is 6.61 Å². The lowest BCUT2D eigenvalue weighted by atomic mass is 10.2. The Bertz CT molecular complexity index is 1050. The van der Waals surface area contributed by atoms with Gasteiger partial charge in [-0.05, 0) is 42.0 Å². The Labute approximate surface area is 164 Å². The van der Waals surface area contributed by atoms with Gasteiger partial charge in [-0.2, -0.15) is 20.1 Å². The molecule has 0 saturated heterocycles. The predicted octanol–water partition coefficient (Wildman–Crippen LogP) is 4.58. The molecule has 1 heterocycles. The van der Waals surface area contributed by atoms with Gasteiger partial charge >= 0.3 is 0 Å². The average Bonchev–Trinajstić information content (AvgIpc) is 3.01. The first-order valence-corrected chi connectivity index (χ1v) is 8.52. The van der Waals surface area contributed by atoms with Crippen LogP contribution in [0.15, 0.2) is 47.6 Å². The van der Waals surface area contributed by atoms with Crippen LogP contribution in [0.3, 0.4) is 0 Å². The van der Waals surface area contributed by atoms with Crippen LogP contribution in [-0.2, 0) is 6.61 Å². The number of nitriles is 1. The van der Waals surface area contributed by atoms with Crippen molar-refractivity contribution < 1.29 is 4.74 Å². The zero-order valence-electron chi connectivity index (χ0n) is 13.2. The van der Waals surface area contributed by atoms with Gasteiger partial charge in [-0.25, -0.2) is 5.10 Å². The minimum absolute atomic E-state index is 0.0952. The highest BCUT2D eigenvalue weighted by Crippen LogP contribution is 2.28. The molecule has 0 aliphatic rings. The zero-order chi connectivity index (χ0) is 18.5. The van der Waals surface area contributed by atoms with E-state index in [0.717, 1.165) is 5.56 Å². The van der Waals surface area contributed by atoms with E-state index in [2.05, 4.69) is 21.4 Å². The van der Waals surface area contributed by atoms with Gasteiger partial charge in [0.15, 0.2) is 5.82 Å². The van der Waals surface area contributed by atoms with E-state index < -0.39 is 0 Å². The summed E-state index contributed by atoms with van der Waals surface area (Å²) >= 11 is 17.2. The molecule has 0 aliphatic carbocycles. The third-order valence-electron chi connectivity index (χ3n) is 3.33. The van der Waals surface area contributed by atoms with Crippen LogP contribution in [0.25, 0.3) is 0 Å². The summed E-state index contributed by atoms with van der Waals surface area (Å²) in [4.78, 5) is 0. The van der Waals surface area contributed by atoms with Crippen molar-refractivity contribution in [3.05, 3.63) is 74.2 Å². The molecule has 0 unspecified atom stereocenters. The van der Waals surface area contributed by atoms with Gasteiger partial charge in [-0.1, -0.05) is 35.3 Å². The predicted molar refractivity (Wildman–Crippen MR) is 102 cm³/mol. The highest BCUT2D eigenvalue weighted by molar-refractivity contribution is 7.71. The number of hydrogen-bond donors (Lipinski definition) is 1. The lowest BCUT2D eigenvalue weighted by Gasteiger charge is -2.07. The molecule has 0 amide bonds. The average molecular weight is 404 g/mol. The number of hydrogen-bond acceptors (Lipinski definition) is 5. The van der Waals surface area contributed by atoms with Crippen LogP contribution in [0.1, 0.15) is 17.0 Å². The Morgan fingerprint density at radius 3 is 2.77 bits per heavy atom. The molecule has 0 fully saturated rings. The van der Waals surface area contributed by atoms with Crippen LogP contribution in [-0.4, -0.2) is 21.1 Å². The van der Waals surface area contributed by atoms with Gasteiger partial charge in [0, 0.05) is 11.1 Å². The monoisotopic (exact) mass is 403 g/mol. The number of aromatic amines is 1. The van der Waals surface area contributed by atoms with E-state index in [1.807, 2.05) is 0 Å². The minimum Gasteiger partial charge on any atom is -0.484 e. The van der Waals surface area contributed by atoms with E-state index in [1.54, 1.807) is 48.7 Å². The Kier molecular flexibility index (Phi) is 5.68. The summed E-state index contributed by atoms with van der Waals surface area (Å²) in [6, 6.07) is 14.0. The summed E-state index contributed by atoms with van der Waals surface area (Å²) in [6.07, 6.45) is 1.61. The fraction of sp³-hybridized carbons (Fsp3) is 0.0588. The highest BCUT2D eigenvalue weighted by atomic mass is 35.5. The molecule has 0 atom stereocenters. The fourth-order valence-electron chi connectivity index (χ4n) is 2.04. The van der Waals surface area contributed by atoms with E-state index in [0.29, 0.717) is 32.0 Å². The molecule has 9 heteroatoms. The lowest BCUT2D eigenvalue weighted by Crippen LogP contribution is -2.04. The van der Waals surface area contributed by atoms with Gasteiger partial charge < -0.3 is 4.74 Å². The van der Waals surface area contributed by atoms with Crippen molar-refractivity contribution in [1.29, 1.82) is 5.26 Å². The second-order valence-corrected chi connectivity index (χ2v) is 6.33. The maximum Gasteiger partial charge on any atom is 0.216 e. The molecule has 1 aromatic heterocycles. The van der Waals surface area contributed by atoms with Gasteiger partial charge in [0.1, 0.15) is 12.4 Å². The lowest BCUT2D eigenvalue weighted by molar-refractivity contribution is 0.291. The molecule has 2 aromatic carbocycles. The zero-order valence-corrected chi connectivity index (χ0v) is 15.5. The topological polar surface area (TPSA) is 79.0 Å². The summed E-state index contributed by atoms with van der Waals surface area (Å²) in [7, 11) is 0. The number of rotatable bonds is 5. The van der Waals surface area contributed by atoms with Crippen LogP contribution >= 0.6 is 35.4 Å². The highest BCUT2D eigenvalue weighted by Gasteiger charge is 2.08. The first-order valence-electron chi connectivity index (χ1n) is 7.35. The second kappa shape index (κ2) is 8.15. The molecule has 0 saturated carbocycles. The maximum absolute atomic E-state index is 8.83. The van der Waals surface area contributed by atoms with Crippen molar-refractivity contribution in [1.82, 2.24) is 14.9 Å². The minimum atomic E-state index is 0.0952. The first-order chi connectivity index (χ1) is 12.6. The van der Waals surface area contributed by atoms with Crippen molar-refractivity contribution in [2.24, 2.45) is 5.10 Å². The number of halogens is 2. The number of ether oxygens (including phenoxy) is 1. The van der Waals surface area contributed by atoms with Gasteiger partial charge in [0.25, 0.3) is 0 Å². The first kappa shape index (κ1) is 18.1. The van der Waals surface area contributed by atoms with E-state index in [4.69, 9.17) is 45.4 Å². The van der Waals surface area contributed by atoms with Crippen LogP contribution in [0.5, 0.6) is 5.75 Å². The summed E-state index contributed by atoms with van der Waals surface area (Å²) in [6.45, 7) is 0.0952.